The van der Waals surface area contributed by atoms with Crippen molar-refractivity contribution in [2.45, 2.75) is 38.1 Å². The molecule has 2 N–H and O–H groups in total. The predicted octanol–water partition coefficient (Wildman–Crippen LogP) is -0.588. The Morgan fingerprint density at radius 1 is 1.10 bits per heavy atom. The summed E-state index contributed by atoms with van der Waals surface area (Å²) >= 11 is 0. The van der Waals surface area contributed by atoms with E-state index in [9.17, 15) is 19.2 Å². The number of hydrogen-bond donors (Lipinski definition) is 2. The van der Waals surface area contributed by atoms with Crippen LogP contribution in [0.4, 0.5) is 0 Å². The lowest BCUT2D eigenvalue weighted by Gasteiger charge is -2.29. The van der Waals surface area contributed by atoms with Crippen LogP contribution in [0.1, 0.15) is 32.1 Å². The second-order valence-corrected chi connectivity index (χ2v) is 5.96. The maximum absolute atomic E-state index is 12.1. The van der Waals surface area contributed by atoms with Crippen molar-refractivity contribution in [3.63, 3.8) is 0 Å². The normalized spacial score (nSPS) is 29.0. The maximum Gasteiger partial charge on any atom is 0.249 e. The average molecular weight is 295 g/mol. The smallest absolute Gasteiger partial charge is 0.249 e. The number of imide groups is 1. The van der Waals surface area contributed by atoms with Crippen molar-refractivity contribution in [2.75, 3.05) is 14.1 Å². The van der Waals surface area contributed by atoms with Crippen LogP contribution in [0.2, 0.25) is 0 Å². The molecule has 1 saturated carbocycles. The minimum Gasteiger partial charge on any atom is -0.349 e. The van der Waals surface area contributed by atoms with Gasteiger partial charge in [0, 0.05) is 25.9 Å². The first-order valence-corrected chi connectivity index (χ1v) is 7.23. The molecule has 21 heavy (non-hydrogen) atoms. The summed E-state index contributed by atoms with van der Waals surface area (Å²) in [5, 5.41) is 4.80. The van der Waals surface area contributed by atoms with Crippen molar-refractivity contribution in [2.24, 2.45) is 11.8 Å². The lowest BCUT2D eigenvalue weighted by molar-refractivity contribution is -0.136. The Morgan fingerprint density at radius 3 is 2.14 bits per heavy atom. The van der Waals surface area contributed by atoms with E-state index in [1.807, 2.05) is 0 Å². The molecule has 1 unspecified atom stereocenters. The number of hydrogen-bond acceptors (Lipinski definition) is 4. The molecular formula is C14H21N3O4. The van der Waals surface area contributed by atoms with Gasteiger partial charge in [-0.25, -0.2) is 0 Å². The van der Waals surface area contributed by atoms with Gasteiger partial charge in [-0.2, -0.15) is 0 Å². The van der Waals surface area contributed by atoms with Crippen molar-refractivity contribution in [1.82, 2.24) is 15.5 Å². The van der Waals surface area contributed by atoms with Gasteiger partial charge in [0.25, 0.3) is 0 Å². The second-order valence-electron chi connectivity index (χ2n) is 5.96. The fourth-order valence-corrected chi connectivity index (χ4v) is 2.93. The molecule has 1 aliphatic carbocycles. The Hall–Kier alpha value is -1.92. The highest BCUT2D eigenvalue weighted by Gasteiger charge is 2.35. The molecule has 1 heterocycles. The number of carbonyl (C=O) groups is 4. The van der Waals surface area contributed by atoms with Crippen LogP contribution >= 0.6 is 0 Å². The Balaban J connectivity index is 1.82. The molecule has 2 aliphatic rings. The van der Waals surface area contributed by atoms with E-state index in [4.69, 9.17) is 0 Å². The Bertz CT molecular complexity index is 467. The van der Waals surface area contributed by atoms with Gasteiger partial charge in [-0.1, -0.05) is 0 Å². The molecule has 116 valence electrons. The van der Waals surface area contributed by atoms with Gasteiger partial charge in [0.05, 0.1) is 6.42 Å². The first-order chi connectivity index (χ1) is 9.88. The van der Waals surface area contributed by atoms with Crippen molar-refractivity contribution >= 4 is 23.6 Å². The maximum atomic E-state index is 12.1. The molecule has 0 radical (unpaired) electrons. The SMILES string of the molecule is CN(C)C(=O)C1CCC(C(=O)NC2CC(=O)NC2=O)CC1. The number of nitrogens with one attached hydrogen (secondary N) is 2. The van der Waals surface area contributed by atoms with Gasteiger partial charge in [0.1, 0.15) is 6.04 Å². The van der Waals surface area contributed by atoms with Gasteiger partial charge in [0.2, 0.25) is 23.6 Å². The van der Waals surface area contributed by atoms with E-state index in [0.29, 0.717) is 25.7 Å². The van der Waals surface area contributed by atoms with Crippen LogP contribution in [0.25, 0.3) is 0 Å². The molecule has 0 bridgehead atoms. The topological polar surface area (TPSA) is 95.6 Å². The minimum absolute atomic E-state index is 0.0129. The van der Waals surface area contributed by atoms with Crippen LogP contribution in [0.3, 0.4) is 0 Å². The number of carbonyl (C=O) groups excluding carboxylic acids is 4. The minimum atomic E-state index is -0.744. The van der Waals surface area contributed by atoms with Crippen LogP contribution in [-0.4, -0.2) is 48.7 Å². The third-order valence-corrected chi connectivity index (χ3v) is 4.17. The van der Waals surface area contributed by atoms with E-state index >= 15 is 0 Å². The molecule has 2 rings (SSSR count). The van der Waals surface area contributed by atoms with Gasteiger partial charge in [-0.05, 0) is 25.7 Å². The van der Waals surface area contributed by atoms with E-state index < -0.39 is 11.9 Å². The highest BCUT2D eigenvalue weighted by atomic mass is 16.2. The van der Waals surface area contributed by atoms with Gasteiger partial charge >= 0.3 is 0 Å². The van der Waals surface area contributed by atoms with Gasteiger partial charge in [0.15, 0.2) is 0 Å². The molecule has 0 aromatic rings. The molecule has 7 nitrogen and oxygen atoms in total. The summed E-state index contributed by atoms with van der Waals surface area (Å²) in [4.78, 5) is 48.1. The van der Waals surface area contributed by atoms with Crippen LogP contribution in [0.15, 0.2) is 0 Å². The van der Waals surface area contributed by atoms with Gasteiger partial charge in [-0.3, -0.25) is 24.5 Å². The summed E-state index contributed by atoms with van der Waals surface area (Å²) in [7, 11) is 3.47. The van der Waals surface area contributed by atoms with E-state index in [1.54, 1.807) is 19.0 Å². The molecule has 2 fully saturated rings. The first-order valence-electron chi connectivity index (χ1n) is 7.23. The van der Waals surface area contributed by atoms with E-state index in [-0.39, 0.29) is 36.0 Å². The van der Waals surface area contributed by atoms with Crippen LogP contribution in [-0.2, 0) is 19.2 Å². The van der Waals surface area contributed by atoms with Crippen molar-refractivity contribution in [1.29, 1.82) is 0 Å². The predicted molar refractivity (Wildman–Crippen MR) is 73.8 cm³/mol. The summed E-state index contributed by atoms with van der Waals surface area (Å²) in [5.74, 6) is -1.08. The monoisotopic (exact) mass is 295 g/mol. The summed E-state index contributed by atoms with van der Waals surface area (Å²) in [6, 6.07) is -0.744. The molecule has 0 spiro atoms. The number of amides is 4. The largest absolute Gasteiger partial charge is 0.349 e. The third-order valence-electron chi connectivity index (χ3n) is 4.17. The molecule has 7 heteroatoms. The molecule has 1 atom stereocenters. The summed E-state index contributed by atoms with van der Waals surface area (Å²) in [5.41, 5.74) is 0. The average Bonchev–Trinajstić information content (AvgIpc) is 2.76. The van der Waals surface area contributed by atoms with Gasteiger partial charge in [-0.15, -0.1) is 0 Å². The molecule has 1 saturated heterocycles. The second kappa shape index (κ2) is 6.24. The van der Waals surface area contributed by atoms with Crippen LogP contribution in [0, 0.1) is 11.8 Å². The zero-order chi connectivity index (χ0) is 15.6. The zero-order valence-corrected chi connectivity index (χ0v) is 12.3. The molecule has 1 aliphatic heterocycles. The fraction of sp³-hybridized carbons (Fsp3) is 0.714. The number of rotatable bonds is 3. The van der Waals surface area contributed by atoms with Crippen molar-refractivity contribution < 1.29 is 19.2 Å². The lowest BCUT2D eigenvalue weighted by Crippen LogP contribution is -2.44. The van der Waals surface area contributed by atoms with E-state index in [2.05, 4.69) is 10.6 Å². The highest BCUT2D eigenvalue weighted by Crippen LogP contribution is 2.30. The standard InChI is InChI=1S/C14H21N3O4/c1-17(2)14(21)9-5-3-8(4-6-9)12(19)15-10-7-11(18)16-13(10)20/h8-10H,3-7H2,1-2H3,(H,15,19)(H,16,18,20). The fourth-order valence-electron chi connectivity index (χ4n) is 2.93. The Kier molecular flexibility index (Phi) is 4.59. The summed E-state index contributed by atoms with van der Waals surface area (Å²) in [6.45, 7) is 0. The first kappa shape index (κ1) is 15.5. The third kappa shape index (κ3) is 3.59. The Labute approximate surface area is 123 Å². The molecule has 0 aromatic heterocycles. The molecular weight excluding hydrogens is 274 g/mol. The van der Waals surface area contributed by atoms with Crippen molar-refractivity contribution in [3.8, 4) is 0 Å². The van der Waals surface area contributed by atoms with Crippen molar-refractivity contribution in [3.05, 3.63) is 0 Å². The van der Waals surface area contributed by atoms with Crippen LogP contribution < -0.4 is 10.6 Å². The van der Waals surface area contributed by atoms with Gasteiger partial charge < -0.3 is 10.2 Å². The number of nitrogens with zero attached hydrogens (tertiary/aromatic N) is 1. The lowest BCUT2D eigenvalue weighted by atomic mass is 9.81. The zero-order valence-electron chi connectivity index (χ0n) is 12.3. The summed E-state index contributed by atoms with van der Waals surface area (Å²) in [6.07, 6.45) is 2.66. The Morgan fingerprint density at radius 2 is 1.67 bits per heavy atom. The van der Waals surface area contributed by atoms with E-state index in [1.165, 1.54) is 0 Å². The highest BCUT2D eigenvalue weighted by molar-refractivity contribution is 6.06. The van der Waals surface area contributed by atoms with E-state index in [0.717, 1.165) is 0 Å². The quantitative estimate of drug-likeness (QED) is 0.680. The summed E-state index contributed by atoms with van der Waals surface area (Å²) < 4.78 is 0. The molecule has 0 aromatic carbocycles. The molecule has 4 amide bonds. The van der Waals surface area contributed by atoms with Crippen LogP contribution in [0.5, 0.6) is 0 Å².